The average Bonchev–Trinajstić information content (AvgIpc) is 3.39. The monoisotopic (exact) mass is 485 g/mol. The predicted molar refractivity (Wildman–Crippen MR) is 120 cm³/mol. The fourth-order valence-corrected chi connectivity index (χ4v) is 4.31. The van der Waals surface area contributed by atoms with Crippen molar-refractivity contribution in [2.45, 2.75) is 32.2 Å². The quantitative estimate of drug-likeness (QED) is 0.363. The van der Waals surface area contributed by atoms with Crippen LogP contribution in [0.1, 0.15) is 45.7 Å². The number of halogens is 4. The number of nitrogens with one attached hydrogen (secondary N) is 2. The number of nitrogens with two attached hydrogens (primary N) is 1. The number of hydrogen-bond acceptors (Lipinski definition) is 6. The zero-order valence-electron chi connectivity index (χ0n) is 18.3. The van der Waals surface area contributed by atoms with E-state index in [1.165, 1.54) is 6.07 Å². The van der Waals surface area contributed by atoms with Gasteiger partial charge in [0.2, 0.25) is 5.95 Å². The number of aromatic nitrogens is 4. The molecular formula is C23H19F4N7O. The first-order valence-electron chi connectivity index (χ1n) is 10.6. The maximum Gasteiger partial charge on any atom is 0.416 e. The summed E-state index contributed by atoms with van der Waals surface area (Å²) in [5.74, 6) is -1.34. The van der Waals surface area contributed by atoms with Gasteiger partial charge in [0.1, 0.15) is 11.6 Å². The van der Waals surface area contributed by atoms with Crippen LogP contribution >= 0.6 is 0 Å². The minimum atomic E-state index is -4.73. The highest BCUT2D eigenvalue weighted by molar-refractivity contribution is 6.07. The number of anilines is 2. The minimum absolute atomic E-state index is 0.128. The molecule has 12 heteroatoms. The molecule has 1 atom stereocenters. The van der Waals surface area contributed by atoms with Crippen molar-refractivity contribution in [2.24, 2.45) is 5.73 Å². The van der Waals surface area contributed by atoms with E-state index in [0.29, 0.717) is 11.9 Å². The average molecular weight is 485 g/mol. The van der Waals surface area contributed by atoms with Gasteiger partial charge in [0.05, 0.1) is 34.6 Å². The van der Waals surface area contributed by atoms with Crippen molar-refractivity contribution in [3.05, 3.63) is 76.4 Å². The van der Waals surface area contributed by atoms with Gasteiger partial charge < -0.3 is 16.0 Å². The second kappa shape index (κ2) is 8.22. The second-order valence-corrected chi connectivity index (χ2v) is 8.17. The first-order chi connectivity index (χ1) is 16.6. The molecule has 1 aliphatic rings. The summed E-state index contributed by atoms with van der Waals surface area (Å²) in [7, 11) is 0. The molecule has 0 radical (unpaired) electrons. The van der Waals surface area contributed by atoms with Crippen molar-refractivity contribution in [2.75, 3.05) is 10.2 Å². The minimum Gasteiger partial charge on any atom is -0.366 e. The third-order valence-corrected chi connectivity index (χ3v) is 6.07. The lowest BCUT2D eigenvalue weighted by molar-refractivity contribution is -0.138. The molecule has 0 fully saturated rings. The van der Waals surface area contributed by atoms with Crippen LogP contribution in [0.15, 0.2) is 42.6 Å². The summed E-state index contributed by atoms with van der Waals surface area (Å²) in [5.41, 5.74) is 6.10. The van der Waals surface area contributed by atoms with Gasteiger partial charge in [-0.25, -0.2) is 9.37 Å². The zero-order chi connectivity index (χ0) is 24.9. The van der Waals surface area contributed by atoms with Gasteiger partial charge in [-0.05, 0) is 31.2 Å². The van der Waals surface area contributed by atoms with Crippen LogP contribution in [0.5, 0.6) is 0 Å². The summed E-state index contributed by atoms with van der Waals surface area (Å²) in [6.45, 7) is 1.86. The van der Waals surface area contributed by atoms with Gasteiger partial charge >= 0.3 is 6.18 Å². The van der Waals surface area contributed by atoms with Crippen LogP contribution in [-0.2, 0) is 19.3 Å². The maximum atomic E-state index is 14.4. The fourth-order valence-electron chi connectivity index (χ4n) is 4.31. The van der Waals surface area contributed by atoms with E-state index in [4.69, 9.17) is 5.73 Å². The first-order valence-corrected chi connectivity index (χ1v) is 10.6. The molecule has 2 aromatic carbocycles. The van der Waals surface area contributed by atoms with Gasteiger partial charge in [-0.2, -0.15) is 23.3 Å². The molecule has 0 unspecified atom stereocenters. The molecule has 1 amide bonds. The molecule has 0 saturated carbocycles. The Morgan fingerprint density at radius 2 is 2.00 bits per heavy atom. The molecule has 0 saturated heterocycles. The molecule has 0 aliphatic carbocycles. The highest BCUT2D eigenvalue weighted by Crippen LogP contribution is 2.37. The largest absolute Gasteiger partial charge is 0.416 e. The Morgan fingerprint density at radius 1 is 1.23 bits per heavy atom. The summed E-state index contributed by atoms with van der Waals surface area (Å²) in [5, 5.41) is 10.2. The topological polar surface area (TPSA) is 113 Å². The Hall–Kier alpha value is -4.22. The molecule has 4 aromatic rings. The number of primary amides is 1. The summed E-state index contributed by atoms with van der Waals surface area (Å²) in [6.07, 6.45) is -3.04. The lowest BCUT2D eigenvalue weighted by Gasteiger charge is -2.23. The molecule has 0 bridgehead atoms. The fraction of sp³-hybridized carbons (Fsp3) is 0.217. The van der Waals surface area contributed by atoms with Crippen molar-refractivity contribution < 1.29 is 22.4 Å². The van der Waals surface area contributed by atoms with E-state index in [1.807, 2.05) is 11.8 Å². The van der Waals surface area contributed by atoms with E-state index in [1.54, 1.807) is 18.3 Å². The molecule has 180 valence electrons. The van der Waals surface area contributed by atoms with E-state index in [9.17, 15) is 22.4 Å². The number of carbonyl (C=O) groups is 1. The molecule has 8 nitrogen and oxygen atoms in total. The lowest BCUT2D eigenvalue weighted by atomic mass is 10.1. The highest BCUT2D eigenvalue weighted by Gasteiger charge is 2.35. The number of alkyl halides is 3. The van der Waals surface area contributed by atoms with Crippen molar-refractivity contribution in [1.29, 1.82) is 0 Å². The molecule has 0 spiro atoms. The molecule has 4 N–H and O–H groups in total. The second-order valence-electron chi connectivity index (χ2n) is 8.17. The summed E-state index contributed by atoms with van der Waals surface area (Å²) in [6, 6.07) is 7.30. The van der Waals surface area contributed by atoms with Crippen LogP contribution in [0.4, 0.5) is 29.3 Å². The number of fused-ring (bicyclic) bond motifs is 2. The number of H-pyrrole nitrogens is 1. The third-order valence-electron chi connectivity index (χ3n) is 6.07. The summed E-state index contributed by atoms with van der Waals surface area (Å²) in [4.78, 5) is 23.0. The molecule has 1 aliphatic heterocycles. The maximum absolute atomic E-state index is 14.4. The Labute approximate surface area is 196 Å². The number of aromatic amines is 1. The molecule has 2 aromatic heterocycles. The predicted octanol–water partition coefficient (Wildman–Crippen LogP) is 4.30. The summed E-state index contributed by atoms with van der Waals surface area (Å²) < 4.78 is 54.8. The number of nitrogens with zero attached hydrogens (tertiary/aromatic N) is 4. The number of hydrogen-bond donors (Lipinski definition) is 3. The van der Waals surface area contributed by atoms with Crippen LogP contribution in [0.25, 0.3) is 10.9 Å². The molecule has 35 heavy (non-hydrogen) atoms. The van der Waals surface area contributed by atoms with Gasteiger partial charge in [0.25, 0.3) is 5.91 Å². The van der Waals surface area contributed by atoms with Gasteiger partial charge in [-0.3, -0.25) is 9.89 Å². The van der Waals surface area contributed by atoms with Gasteiger partial charge in [-0.15, -0.1) is 0 Å². The van der Waals surface area contributed by atoms with Crippen molar-refractivity contribution in [3.63, 3.8) is 0 Å². The van der Waals surface area contributed by atoms with Crippen molar-refractivity contribution in [1.82, 2.24) is 20.2 Å². The van der Waals surface area contributed by atoms with E-state index in [2.05, 4.69) is 25.5 Å². The lowest BCUT2D eigenvalue weighted by Crippen LogP contribution is -2.23. The van der Waals surface area contributed by atoms with Crippen molar-refractivity contribution >= 4 is 28.6 Å². The first kappa shape index (κ1) is 22.6. The van der Waals surface area contributed by atoms with E-state index < -0.39 is 35.6 Å². The number of benzene rings is 2. The van der Waals surface area contributed by atoms with Crippen LogP contribution < -0.4 is 16.0 Å². The highest BCUT2D eigenvalue weighted by atomic mass is 19.4. The molecule has 5 rings (SSSR count). The molecular weight excluding hydrogens is 466 g/mol. The standard InChI is InChI=1S/C23H19F4N7O/c1-11-18-12(8-30-33-18)10-34(11)22-31-19-13(20(28)35)4-2-5-14(19)21(32-22)29-9-15-16(23(25,26)27)6-3-7-17(15)24/h2-8,11H,9-10H2,1H3,(H2,28,35)(H,30,33)(H,29,31,32)/t11-/m0/s1. The van der Waals surface area contributed by atoms with Crippen molar-refractivity contribution in [3.8, 4) is 0 Å². The van der Waals surface area contributed by atoms with E-state index in [0.717, 1.165) is 29.5 Å². The number of rotatable bonds is 5. The third kappa shape index (κ3) is 3.90. The van der Waals surface area contributed by atoms with Crippen LogP contribution in [-0.4, -0.2) is 26.1 Å². The summed E-state index contributed by atoms with van der Waals surface area (Å²) >= 11 is 0. The smallest absolute Gasteiger partial charge is 0.366 e. The zero-order valence-corrected chi connectivity index (χ0v) is 18.3. The Bertz CT molecular complexity index is 1450. The van der Waals surface area contributed by atoms with Crippen LogP contribution in [0.2, 0.25) is 0 Å². The Balaban J connectivity index is 1.60. The van der Waals surface area contributed by atoms with Gasteiger partial charge in [0.15, 0.2) is 0 Å². The number of carbonyl (C=O) groups excluding carboxylic acids is 1. The van der Waals surface area contributed by atoms with Gasteiger partial charge in [0, 0.05) is 29.6 Å². The molecule has 3 heterocycles. The van der Waals surface area contributed by atoms with E-state index >= 15 is 0 Å². The van der Waals surface area contributed by atoms with Crippen LogP contribution in [0.3, 0.4) is 0 Å². The Kier molecular flexibility index (Phi) is 5.30. The number of para-hydroxylation sites is 1. The SMILES string of the molecule is C[C@H]1c2[nH]ncc2CN1c1nc(NCc2c(F)cccc2C(F)(F)F)c2cccc(C(N)=O)c2n1. The number of amides is 1. The van der Waals surface area contributed by atoms with Crippen LogP contribution in [0, 0.1) is 5.82 Å². The van der Waals surface area contributed by atoms with Gasteiger partial charge in [-0.1, -0.05) is 12.1 Å². The van der Waals surface area contributed by atoms with E-state index in [-0.39, 0.29) is 28.9 Å². The normalized spacial score (nSPS) is 15.5. The Morgan fingerprint density at radius 3 is 2.71 bits per heavy atom.